The first kappa shape index (κ1) is 12.0. The standard InChI is InChI=1S/C11H25N/c1-9(2)7-11(4,5)8-10(3)12-6/h9-10,12H,7-8H2,1-6H3. The zero-order valence-electron chi connectivity index (χ0n) is 9.57. The van der Waals surface area contributed by atoms with Gasteiger partial charge in [0.1, 0.15) is 0 Å². The van der Waals surface area contributed by atoms with Gasteiger partial charge in [0, 0.05) is 6.04 Å². The average Bonchev–Trinajstić information content (AvgIpc) is 1.83. The number of hydrogen-bond acceptors (Lipinski definition) is 1. The average molecular weight is 171 g/mol. The first-order chi connectivity index (χ1) is 5.37. The maximum absolute atomic E-state index is 3.29. The van der Waals surface area contributed by atoms with Crippen LogP contribution < -0.4 is 5.32 Å². The summed E-state index contributed by atoms with van der Waals surface area (Å²) in [5, 5.41) is 3.29. The Labute approximate surface area is 77.9 Å². The molecule has 0 saturated heterocycles. The van der Waals surface area contributed by atoms with Crippen LogP contribution in [0.1, 0.15) is 47.5 Å². The van der Waals surface area contributed by atoms with Gasteiger partial charge in [-0.05, 0) is 38.1 Å². The molecule has 1 atom stereocenters. The van der Waals surface area contributed by atoms with Crippen molar-refractivity contribution in [2.24, 2.45) is 11.3 Å². The third-order valence-corrected chi connectivity index (χ3v) is 2.31. The van der Waals surface area contributed by atoms with Gasteiger partial charge in [-0.25, -0.2) is 0 Å². The lowest BCUT2D eigenvalue weighted by Crippen LogP contribution is -2.29. The second kappa shape index (κ2) is 4.86. The van der Waals surface area contributed by atoms with E-state index in [2.05, 4.69) is 39.9 Å². The van der Waals surface area contributed by atoms with E-state index in [1.54, 1.807) is 0 Å². The van der Waals surface area contributed by atoms with Crippen LogP contribution in [-0.4, -0.2) is 13.1 Å². The van der Waals surface area contributed by atoms with Crippen LogP contribution in [0.5, 0.6) is 0 Å². The molecule has 74 valence electrons. The van der Waals surface area contributed by atoms with Crippen LogP contribution in [0.3, 0.4) is 0 Å². The fourth-order valence-electron chi connectivity index (χ4n) is 2.12. The molecular weight excluding hydrogens is 146 g/mol. The number of hydrogen-bond donors (Lipinski definition) is 1. The molecule has 0 aromatic heterocycles. The van der Waals surface area contributed by atoms with E-state index in [1.807, 2.05) is 7.05 Å². The van der Waals surface area contributed by atoms with E-state index in [0.29, 0.717) is 11.5 Å². The Hall–Kier alpha value is -0.0400. The van der Waals surface area contributed by atoms with Crippen molar-refractivity contribution in [2.45, 2.75) is 53.5 Å². The smallest absolute Gasteiger partial charge is 0.00408 e. The molecule has 0 saturated carbocycles. The highest BCUT2D eigenvalue weighted by atomic mass is 14.9. The largest absolute Gasteiger partial charge is 0.317 e. The van der Waals surface area contributed by atoms with Gasteiger partial charge in [0.15, 0.2) is 0 Å². The van der Waals surface area contributed by atoms with Crippen molar-refractivity contribution in [3.8, 4) is 0 Å². The highest BCUT2D eigenvalue weighted by molar-refractivity contribution is 4.75. The summed E-state index contributed by atoms with van der Waals surface area (Å²) in [6.07, 6.45) is 2.58. The van der Waals surface area contributed by atoms with E-state index in [4.69, 9.17) is 0 Å². The van der Waals surface area contributed by atoms with Gasteiger partial charge in [0.05, 0.1) is 0 Å². The van der Waals surface area contributed by atoms with E-state index in [0.717, 1.165) is 5.92 Å². The molecule has 0 amide bonds. The van der Waals surface area contributed by atoms with Gasteiger partial charge in [0.2, 0.25) is 0 Å². The molecule has 0 aliphatic heterocycles. The lowest BCUT2D eigenvalue weighted by Gasteiger charge is -2.29. The Morgan fingerprint density at radius 1 is 1.08 bits per heavy atom. The molecule has 1 heteroatoms. The van der Waals surface area contributed by atoms with Crippen LogP contribution in [-0.2, 0) is 0 Å². The summed E-state index contributed by atoms with van der Waals surface area (Å²) in [6, 6.07) is 0.638. The second-order valence-electron chi connectivity index (χ2n) is 5.16. The predicted octanol–water partition coefficient (Wildman–Crippen LogP) is 3.06. The molecule has 0 fully saturated rings. The summed E-state index contributed by atoms with van der Waals surface area (Å²) in [4.78, 5) is 0. The minimum absolute atomic E-state index is 0.483. The first-order valence-corrected chi connectivity index (χ1v) is 5.04. The zero-order valence-corrected chi connectivity index (χ0v) is 9.57. The molecule has 1 nitrogen and oxygen atoms in total. The second-order valence-corrected chi connectivity index (χ2v) is 5.16. The molecule has 0 bridgehead atoms. The molecule has 1 N–H and O–H groups in total. The van der Waals surface area contributed by atoms with Crippen LogP contribution in [0, 0.1) is 11.3 Å². The summed E-state index contributed by atoms with van der Waals surface area (Å²) in [5.41, 5.74) is 0.483. The molecule has 0 aromatic carbocycles. The quantitative estimate of drug-likeness (QED) is 0.670. The third-order valence-electron chi connectivity index (χ3n) is 2.31. The maximum Gasteiger partial charge on any atom is 0.00408 e. The van der Waals surface area contributed by atoms with E-state index in [-0.39, 0.29) is 0 Å². The maximum atomic E-state index is 3.29. The number of rotatable bonds is 5. The van der Waals surface area contributed by atoms with Gasteiger partial charge in [-0.2, -0.15) is 0 Å². The molecular formula is C11H25N. The van der Waals surface area contributed by atoms with Crippen molar-refractivity contribution in [1.29, 1.82) is 0 Å². The lowest BCUT2D eigenvalue weighted by molar-refractivity contribution is 0.240. The van der Waals surface area contributed by atoms with Crippen molar-refractivity contribution in [3.05, 3.63) is 0 Å². The minimum atomic E-state index is 0.483. The Balaban J connectivity index is 3.85. The zero-order chi connectivity index (χ0) is 9.78. The van der Waals surface area contributed by atoms with E-state index >= 15 is 0 Å². The van der Waals surface area contributed by atoms with Crippen molar-refractivity contribution in [2.75, 3.05) is 7.05 Å². The van der Waals surface area contributed by atoms with Gasteiger partial charge < -0.3 is 5.32 Å². The highest BCUT2D eigenvalue weighted by Crippen LogP contribution is 2.30. The SMILES string of the molecule is CNC(C)CC(C)(C)CC(C)C. The van der Waals surface area contributed by atoms with Crippen LogP contribution in [0.25, 0.3) is 0 Å². The molecule has 12 heavy (non-hydrogen) atoms. The monoisotopic (exact) mass is 171 g/mol. The van der Waals surface area contributed by atoms with Crippen molar-refractivity contribution in [3.63, 3.8) is 0 Å². The van der Waals surface area contributed by atoms with Crippen LogP contribution in [0.15, 0.2) is 0 Å². The van der Waals surface area contributed by atoms with E-state index in [9.17, 15) is 0 Å². The third kappa shape index (κ3) is 5.59. The van der Waals surface area contributed by atoms with Gasteiger partial charge >= 0.3 is 0 Å². The summed E-state index contributed by atoms with van der Waals surface area (Å²) in [6.45, 7) is 11.6. The van der Waals surface area contributed by atoms with Crippen LogP contribution in [0.2, 0.25) is 0 Å². The summed E-state index contributed by atoms with van der Waals surface area (Å²) in [5.74, 6) is 0.809. The summed E-state index contributed by atoms with van der Waals surface area (Å²) < 4.78 is 0. The van der Waals surface area contributed by atoms with Crippen molar-refractivity contribution in [1.82, 2.24) is 5.32 Å². The van der Waals surface area contributed by atoms with Gasteiger partial charge in [-0.3, -0.25) is 0 Å². The van der Waals surface area contributed by atoms with Gasteiger partial charge in [-0.1, -0.05) is 27.7 Å². The van der Waals surface area contributed by atoms with Crippen LogP contribution in [0.4, 0.5) is 0 Å². The Kier molecular flexibility index (Phi) is 4.84. The Morgan fingerprint density at radius 2 is 1.58 bits per heavy atom. The molecule has 0 rings (SSSR count). The molecule has 0 aliphatic carbocycles. The van der Waals surface area contributed by atoms with E-state index < -0.39 is 0 Å². The topological polar surface area (TPSA) is 12.0 Å². The van der Waals surface area contributed by atoms with Crippen LogP contribution >= 0.6 is 0 Å². The Bertz CT molecular complexity index is 116. The summed E-state index contributed by atoms with van der Waals surface area (Å²) >= 11 is 0. The lowest BCUT2D eigenvalue weighted by atomic mass is 9.79. The predicted molar refractivity (Wildman–Crippen MR) is 56.4 cm³/mol. The van der Waals surface area contributed by atoms with Gasteiger partial charge in [0.25, 0.3) is 0 Å². The molecule has 0 spiro atoms. The molecule has 0 aliphatic rings. The minimum Gasteiger partial charge on any atom is -0.317 e. The molecule has 0 aromatic rings. The molecule has 0 radical (unpaired) electrons. The normalized spacial score (nSPS) is 15.2. The first-order valence-electron chi connectivity index (χ1n) is 5.04. The van der Waals surface area contributed by atoms with E-state index in [1.165, 1.54) is 12.8 Å². The van der Waals surface area contributed by atoms with Crippen molar-refractivity contribution >= 4 is 0 Å². The highest BCUT2D eigenvalue weighted by Gasteiger charge is 2.21. The fourth-order valence-corrected chi connectivity index (χ4v) is 2.12. The molecule has 1 unspecified atom stereocenters. The summed E-state index contributed by atoms with van der Waals surface area (Å²) in [7, 11) is 2.04. The molecule has 0 heterocycles. The Morgan fingerprint density at radius 3 is 1.92 bits per heavy atom. The van der Waals surface area contributed by atoms with Crippen molar-refractivity contribution < 1.29 is 0 Å². The number of nitrogens with one attached hydrogen (secondary N) is 1. The van der Waals surface area contributed by atoms with Gasteiger partial charge in [-0.15, -0.1) is 0 Å². The fraction of sp³-hybridized carbons (Fsp3) is 1.00.